The fourth-order valence-electron chi connectivity index (χ4n) is 3.32. The van der Waals surface area contributed by atoms with Gasteiger partial charge in [-0.2, -0.15) is 0 Å². The van der Waals surface area contributed by atoms with Crippen LogP contribution in [-0.4, -0.2) is 21.4 Å². The molecule has 1 fully saturated rings. The number of halogens is 1. The number of hydrogen-bond donors (Lipinski definition) is 1. The molecule has 1 aliphatic rings. The fraction of sp³-hybridized carbons (Fsp3) is 0.375. The lowest BCUT2D eigenvalue weighted by atomic mass is 9.88. The first-order valence-electron chi connectivity index (χ1n) is 7.00. The molecule has 21 heavy (non-hydrogen) atoms. The van der Waals surface area contributed by atoms with Crippen molar-refractivity contribution >= 4 is 34.3 Å². The molecule has 1 heterocycles. The molecule has 1 N–H and O–H groups in total. The van der Waals surface area contributed by atoms with Crippen molar-refractivity contribution in [3.05, 3.63) is 35.0 Å². The molecule has 1 aliphatic carbocycles. The molecule has 2 atom stereocenters. The van der Waals surface area contributed by atoms with Gasteiger partial charge in [0.05, 0.1) is 5.92 Å². The van der Waals surface area contributed by atoms with E-state index in [9.17, 15) is 14.7 Å². The number of nitrogens with zero attached hydrogens (tertiary/aromatic N) is 1. The SMILES string of the molecule is Cn1cc(C(=O)C2CCCC2C(=O)O)c2ccc(Cl)cc21. The summed E-state index contributed by atoms with van der Waals surface area (Å²) in [6.07, 6.45) is 3.81. The second-order valence-electron chi connectivity index (χ2n) is 5.66. The highest BCUT2D eigenvalue weighted by Crippen LogP contribution is 2.36. The van der Waals surface area contributed by atoms with Crippen molar-refractivity contribution in [2.45, 2.75) is 19.3 Å². The summed E-state index contributed by atoms with van der Waals surface area (Å²) in [4.78, 5) is 24.1. The number of aromatic nitrogens is 1. The summed E-state index contributed by atoms with van der Waals surface area (Å²) in [6.45, 7) is 0. The van der Waals surface area contributed by atoms with E-state index in [0.717, 1.165) is 17.3 Å². The number of benzene rings is 1. The summed E-state index contributed by atoms with van der Waals surface area (Å²) in [5, 5.41) is 10.7. The lowest BCUT2D eigenvalue weighted by Gasteiger charge is -2.13. The summed E-state index contributed by atoms with van der Waals surface area (Å²) in [7, 11) is 1.86. The number of Topliss-reactive ketones (excluding diaryl/α,β-unsaturated/α-hetero) is 1. The Hall–Kier alpha value is -1.81. The summed E-state index contributed by atoms with van der Waals surface area (Å²) < 4.78 is 1.86. The van der Waals surface area contributed by atoms with E-state index in [1.54, 1.807) is 12.3 Å². The highest BCUT2D eigenvalue weighted by molar-refractivity contribution is 6.31. The Labute approximate surface area is 127 Å². The van der Waals surface area contributed by atoms with E-state index in [1.165, 1.54) is 0 Å². The average Bonchev–Trinajstić information content (AvgIpc) is 3.04. The van der Waals surface area contributed by atoms with Crippen LogP contribution in [0.5, 0.6) is 0 Å². The van der Waals surface area contributed by atoms with E-state index in [0.29, 0.717) is 23.4 Å². The minimum atomic E-state index is -0.867. The Balaban J connectivity index is 2.04. The monoisotopic (exact) mass is 305 g/mol. The molecular weight excluding hydrogens is 290 g/mol. The van der Waals surface area contributed by atoms with Gasteiger partial charge >= 0.3 is 5.97 Å². The number of aliphatic carboxylic acids is 1. The summed E-state index contributed by atoms with van der Waals surface area (Å²) in [5.74, 6) is -1.90. The van der Waals surface area contributed by atoms with E-state index in [2.05, 4.69) is 0 Å². The second kappa shape index (κ2) is 5.19. The van der Waals surface area contributed by atoms with Crippen LogP contribution in [0.3, 0.4) is 0 Å². The molecule has 1 aromatic carbocycles. The molecule has 0 bridgehead atoms. The first kappa shape index (κ1) is 14.1. The third kappa shape index (κ3) is 2.33. The molecule has 2 unspecified atom stereocenters. The van der Waals surface area contributed by atoms with Crippen molar-refractivity contribution in [3.63, 3.8) is 0 Å². The molecule has 0 saturated heterocycles. The highest BCUT2D eigenvalue weighted by atomic mass is 35.5. The summed E-state index contributed by atoms with van der Waals surface area (Å²) >= 11 is 6.00. The van der Waals surface area contributed by atoms with E-state index in [-0.39, 0.29) is 5.78 Å². The molecule has 2 aromatic rings. The highest BCUT2D eigenvalue weighted by Gasteiger charge is 2.38. The van der Waals surface area contributed by atoms with Gasteiger partial charge in [-0.1, -0.05) is 24.1 Å². The number of rotatable bonds is 3. The lowest BCUT2D eigenvalue weighted by Crippen LogP contribution is -2.25. The quantitative estimate of drug-likeness (QED) is 0.883. The molecule has 3 rings (SSSR count). The number of carbonyl (C=O) groups excluding carboxylic acids is 1. The fourth-order valence-corrected chi connectivity index (χ4v) is 3.49. The normalized spacial score (nSPS) is 21.8. The van der Waals surface area contributed by atoms with Gasteiger partial charge in [-0.05, 0) is 25.0 Å². The maximum atomic E-state index is 12.8. The summed E-state index contributed by atoms with van der Waals surface area (Å²) in [5.41, 5.74) is 1.48. The predicted octanol–water partition coefficient (Wildman–Crippen LogP) is 3.52. The van der Waals surface area contributed by atoms with Gasteiger partial charge in [0, 0.05) is 40.7 Å². The Kier molecular flexibility index (Phi) is 3.49. The largest absolute Gasteiger partial charge is 0.481 e. The Bertz CT molecular complexity index is 734. The van der Waals surface area contributed by atoms with Crippen molar-refractivity contribution in [1.82, 2.24) is 4.57 Å². The molecule has 1 aromatic heterocycles. The van der Waals surface area contributed by atoms with Crippen LogP contribution in [0, 0.1) is 11.8 Å². The molecule has 0 spiro atoms. The van der Waals surface area contributed by atoms with Crippen LogP contribution < -0.4 is 0 Å². The smallest absolute Gasteiger partial charge is 0.307 e. The van der Waals surface area contributed by atoms with Crippen LogP contribution in [0.2, 0.25) is 5.02 Å². The van der Waals surface area contributed by atoms with E-state index < -0.39 is 17.8 Å². The maximum Gasteiger partial charge on any atom is 0.307 e. The molecule has 4 nitrogen and oxygen atoms in total. The third-order valence-electron chi connectivity index (χ3n) is 4.39. The molecule has 110 valence electrons. The number of ketones is 1. The van der Waals surface area contributed by atoms with Gasteiger partial charge in [0.15, 0.2) is 5.78 Å². The van der Waals surface area contributed by atoms with Crippen LogP contribution in [0.1, 0.15) is 29.6 Å². The number of aryl methyl sites for hydroxylation is 1. The van der Waals surface area contributed by atoms with Crippen molar-refractivity contribution in [2.75, 3.05) is 0 Å². The molecule has 5 heteroatoms. The van der Waals surface area contributed by atoms with Crippen LogP contribution in [0.15, 0.2) is 24.4 Å². The molecular formula is C16H16ClNO3. The zero-order valence-corrected chi connectivity index (χ0v) is 12.4. The number of fused-ring (bicyclic) bond motifs is 1. The zero-order valence-electron chi connectivity index (χ0n) is 11.7. The van der Waals surface area contributed by atoms with Gasteiger partial charge in [0.1, 0.15) is 0 Å². The van der Waals surface area contributed by atoms with Gasteiger partial charge < -0.3 is 9.67 Å². The Morgan fingerprint density at radius 3 is 2.71 bits per heavy atom. The minimum Gasteiger partial charge on any atom is -0.481 e. The zero-order chi connectivity index (χ0) is 15.1. The van der Waals surface area contributed by atoms with Crippen molar-refractivity contribution in [1.29, 1.82) is 0 Å². The van der Waals surface area contributed by atoms with Gasteiger partial charge in [-0.3, -0.25) is 9.59 Å². The van der Waals surface area contributed by atoms with Crippen molar-refractivity contribution in [2.24, 2.45) is 18.9 Å². The molecule has 0 aliphatic heterocycles. The Morgan fingerprint density at radius 2 is 2.00 bits per heavy atom. The first-order chi connectivity index (χ1) is 9.99. The van der Waals surface area contributed by atoms with Crippen LogP contribution in [0.4, 0.5) is 0 Å². The van der Waals surface area contributed by atoms with E-state index in [1.807, 2.05) is 23.7 Å². The van der Waals surface area contributed by atoms with Gasteiger partial charge in [-0.25, -0.2) is 0 Å². The topological polar surface area (TPSA) is 59.3 Å². The second-order valence-corrected chi connectivity index (χ2v) is 6.10. The number of carboxylic acid groups (broad SMARTS) is 1. The standard InChI is InChI=1S/C16H16ClNO3/c1-18-8-13(10-6-5-9(17)7-14(10)18)15(19)11-3-2-4-12(11)16(20)21/h5-8,11-12H,2-4H2,1H3,(H,20,21). The number of hydrogen-bond acceptors (Lipinski definition) is 2. The third-order valence-corrected chi connectivity index (χ3v) is 4.62. The minimum absolute atomic E-state index is 0.0622. The number of carboxylic acids is 1. The average molecular weight is 306 g/mol. The Morgan fingerprint density at radius 1 is 1.29 bits per heavy atom. The molecule has 0 amide bonds. The van der Waals surface area contributed by atoms with Crippen LogP contribution >= 0.6 is 11.6 Å². The number of carbonyl (C=O) groups is 2. The predicted molar refractivity (Wildman–Crippen MR) is 80.7 cm³/mol. The van der Waals surface area contributed by atoms with Gasteiger partial charge in [-0.15, -0.1) is 0 Å². The van der Waals surface area contributed by atoms with Crippen molar-refractivity contribution < 1.29 is 14.7 Å². The van der Waals surface area contributed by atoms with Crippen LogP contribution in [0.25, 0.3) is 10.9 Å². The van der Waals surface area contributed by atoms with Crippen LogP contribution in [-0.2, 0) is 11.8 Å². The lowest BCUT2D eigenvalue weighted by molar-refractivity contribution is -0.142. The van der Waals surface area contributed by atoms with E-state index >= 15 is 0 Å². The molecule has 0 radical (unpaired) electrons. The first-order valence-corrected chi connectivity index (χ1v) is 7.38. The maximum absolute atomic E-state index is 12.8. The van der Waals surface area contributed by atoms with Gasteiger partial charge in [0.2, 0.25) is 0 Å². The van der Waals surface area contributed by atoms with E-state index in [4.69, 9.17) is 11.6 Å². The molecule has 1 saturated carbocycles. The summed E-state index contributed by atoms with van der Waals surface area (Å²) in [6, 6.07) is 5.40. The van der Waals surface area contributed by atoms with Crippen molar-refractivity contribution in [3.8, 4) is 0 Å². The van der Waals surface area contributed by atoms with Gasteiger partial charge in [0.25, 0.3) is 0 Å².